The van der Waals surface area contributed by atoms with Crippen LogP contribution in [0.25, 0.3) is 5.69 Å². The van der Waals surface area contributed by atoms with Crippen LogP contribution in [0.15, 0.2) is 29.4 Å². The monoisotopic (exact) mass is 459 g/mol. The van der Waals surface area contributed by atoms with E-state index in [0.29, 0.717) is 48.8 Å². The molecule has 1 fully saturated rings. The van der Waals surface area contributed by atoms with Crippen LogP contribution in [0, 0.1) is 19.7 Å². The molecule has 32 heavy (non-hydrogen) atoms. The van der Waals surface area contributed by atoms with Crippen LogP contribution in [0.3, 0.4) is 0 Å². The number of ether oxygens (including phenoxy) is 1. The van der Waals surface area contributed by atoms with Gasteiger partial charge in [-0.1, -0.05) is 17.8 Å². The Morgan fingerprint density at radius 2 is 2.00 bits per heavy atom. The highest BCUT2D eigenvalue weighted by Gasteiger charge is 2.26. The number of thioether (sulfide) groups is 1. The fourth-order valence-corrected chi connectivity index (χ4v) is 4.40. The molecule has 1 aliphatic rings. The highest BCUT2D eigenvalue weighted by atomic mass is 32.2. The van der Waals surface area contributed by atoms with E-state index in [0.717, 1.165) is 11.4 Å². The van der Waals surface area contributed by atoms with Gasteiger partial charge in [-0.2, -0.15) is 5.10 Å². The SMILES string of the molecule is Cc1nn(C)c(C)c1NC(=O)C(C)Sc1nnc(N2CCOCC2)n1-c1cccc(F)c1. The molecule has 0 aliphatic carbocycles. The minimum Gasteiger partial charge on any atom is -0.378 e. The zero-order valence-corrected chi connectivity index (χ0v) is 19.3. The van der Waals surface area contributed by atoms with Crippen LogP contribution < -0.4 is 10.2 Å². The van der Waals surface area contributed by atoms with Crippen molar-refractivity contribution in [2.75, 3.05) is 36.5 Å². The Morgan fingerprint density at radius 3 is 2.66 bits per heavy atom. The van der Waals surface area contributed by atoms with Crippen molar-refractivity contribution in [2.24, 2.45) is 7.05 Å². The van der Waals surface area contributed by atoms with Gasteiger partial charge in [0.1, 0.15) is 5.82 Å². The predicted octanol–water partition coefficient (Wildman–Crippen LogP) is 2.71. The van der Waals surface area contributed by atoms with Gasteiger partial charge in [-0.15, -0.1) is 10.2 Å². The van der Waals surface area contributed by atoms with E-state index in [2.05, 4.69) is 25.5 Å². The predicted molar refractivity (Wildman–Crippen MR) is 121 cm³/mol. The second-order valence-corrected chi connectivity index (χ2v) is 8.92. The van der Waals surface area contributed by atoms with E-state index < -0.39 is 5.25 Å². The highest BCUT2D eigenvalue weighted by Crippen LogP contribution is 2.31. The number of carbonyl (C=O) groups excluding carboxylic acids is 1. The molecule has 4 rings (SSSR count). The lowest BCUT2D eigenvalue weighted by Gasteiger charge is -2.28. The summed E-state index contributed by atoms with van der Waals surface area (Å²) in [4.78, 5) is 15.0. The number of nitrogens with zero attached hydrogens (tertiary/aromatic N) is 6. The maximum Gasteiger partial charge on any atom is 0.237 e. The Kier molecular flexibility index (Phi) is 6.47. The van der Waals surface area contributed by atoms with E-state index in [1.807, 2.05) is 20.9 Å². The molecule has 170 valence electrons. The number of carbonyl (C=O) groups is 1. The van der Waals surface area contributed by atoms with Gasteiger partial charge >= 0.3 is 0 Å². The molecule has 3 aromatic rings. The first-order valence-electron chi connectivity index (χ1n) is 10.4. The van der Waals surface area contributed by atoms with Gasteiger partial charge in [0, 0.05) is 20.1 Å². The van der Waals surface area contributed by atoms with Gasteiger partial charge in [0.05, 0.1) is 41.2 Å². The summed E-state index contributed by atoms with van der Waals surface area (Å²) in [5.41, 5.74) is 2.95. The molecule has 1 unspecified atom stereocenters. The van der Waals surface area contributed by atoms with Crippen LogP contribution in [-0.2, 0) is 16.6 Å². The number of nitrogens with one attached hydrogen (secondary N) is 1. The van der Waals surface area contributed by atoms with Crippen molar-refractivity contribution < 1.29 is 13.9 Å². The molecule has 0 saturated carbocycles. The van der Waals surface area contributed by atoms with E-state index in [-0.39, 0.29) is 11.7 Å². The first kappa shape index (κ1) is 22.3. The van der Waals surface area contributed by atoms with Crippen LogP contribution in [-0.4, -0.2) is 62.0 Å². The number of halogens is 1. The second-order valence-electron chi connectivity index (χ2n) is 7.62. The summed E-state index contributed by atoms with van der Waals surface area (Å²) >= 11 is 1.27. The van der Waals surface area contributed by atoms with E-state index in [1.165, 1.54) is 23.9 Å². The normalized spacial score (nSPS) is 15.1. The Morgan fingerprint density at radius 1 is 1.25 bits per heavy atom. The summed E-state index contributed by atoms with van der Waals surface area (Å²) in [6, 6.07) is 6.27. The summed E-state index contributed by atoms with van der Waals surface area (Å²) < 4.78 is 23.0. The van der Waals surface area contributed by atoms with Crippen LogP contribution in [0.2, 0.25) is 0 Å². The van der Waals surface area contributed by atoms with Crippen molar-refractivity contribution in [3.63, 3.8) is 0 Å². The number of morpholine rings is 1. The average molecular weight is 460 g/mol. The number of hydrogen-bond acceptors (Lipinski definition) is 7. The van der Waals surface area contributed by atoms with Crippen molar-refractivity contribution in [1.29, 1.82) is 0 Å². The van der Waals surface area contributed by atoms with Gasteiger partial charge in [0.15, 0.2) is 5.16 Å². The molecule has 9 nitrogen and oxygen atoms in total. The standard InChI is InChI=1S/C21H26FN7O2S/c1-13-18(14(2)27(4)26-13)23-19(30)15(3)32-21-25-24-20(28-8-10-31-11-9-28)29(21)17-7-5-6-16(22)12-17/h5-7,12,15H,8-11H2,1-4H3,(H,23,30). The summed E-state index contributed by atoms with van der Waals surface area (Å²) in [5.74, 6) is 0.0808. The topological polar surface area (TPSA) is 90.1 Å². The largest absolute Gasteiger partial charge is 0.378 e. The Hall–Kier alpha value is -2.92. The fraction of sp³-hybridized carbons (Fsp3) is 0.429. The molecule has 0 radical (unpaired) electrons. The maximum absolute atomic E-state index is 14.0. The number of anilines is 2. The van der Waals surface area contributed by atoms with Gasteiger partial charge in [-0.3, -0.25) is 14.0 Å². The third kappa shape index (κ3) is 4.49. The molecule has 1 N–H and O–H groups in total. The first-order valence-corrected chi connectivity index (χ1v) is 11.2. The highest BCUT2D eigenvalue weighted by molar-refractivity contribution is 8.00. The van der Waals surface area contributed by atoms with Crippen LogP contribution in [0.5, 0.6) is 0 Å². The first-order chi connectivity index (χ1) is 15.3. The minimum absolute atomic E-state index is 0.170. The second kappa shape index (κ2) is 9.29. The number of benzene rings is 1. The number of aryl methyl sites for hydroxylation is 2. The Balaban J connectivity index is 1.61. The molecule has 1 saturated heterocycles. The van der Waals surface area contributed by atoms with Crippen molar-refractivity contribution in [3.8, 4) is 5.69 Å². The van der Waals surface area contributed by atoms with Crippen molar-refractivity contribution >= 4 is 29.3 Å². The minimum atomic E-state index is -0.469. The lowest BCUT2D eigenvalue weighted by Crippen LogP contribution is -2.38. The number of aromatic nitrogens is 5. The quantitative estimate of drug-likeness (QED) is 0.567. The summed E-state index contributed by atoms with van der Waals surface area (Å²) in [5, 5.41) is 16.1. The molecule has 0 spiro atoms. The van der Waals surface area contributed by atoms with Gasteiger partial charge in [-0.25, -0.2) is 4.39 Å². The van der Waals surface area contributed by atoms with E-state index in [9.17, 15) is 9.18 Å². The maximum atomic E-state index is 14.0. The average Bonchev–Trinajstić information content (AvgIpc) is 3.30. The van der Waals surface area contributed by atoms with Crippen molar-refractivity contribution in [2.45, 2.75) is 31.2 Å². The Labute approximate surface area is 189 Å². The van der Waals surface area contributed by atoms with Crippen LogP contribution in [0.4, 0.5) is 16.0 Å². The molecule has 1 aromatic carbocycles. The lowest BCUT2D eigenvalue weighted by molar-refractivity contribution is -0.115. The van der Waals surface area contributed by atoms with E-state index >= 15 is 0 Å². The zero-order valence-electron chi connectivity index (χ0n) is 18.5. The molecular weight excluding hydrogens is 433 g/mol. The smallest absolute Gasteiger partial charge is 0.237 e. The number of amides is 1. The van der Waals surface area contributed by atoms with E-state index in [4.69, 9.17) is 4.74 Å². The summed E-state index contributed by atoms with van der Waals surface area (Å²) in [6.07, 6.45) is 0. The zero-order chi connectivity index (χ0) is 22.8. The van der Waals surface area contributed by atoms with Gasteiger partial charge in [0.25, 0.3) is 0 Å². The molecule has 2 aromatic heterocycles. The summed E-state index contributed by atoms with van der Waals surface area (Å²) in [6.45, 7) is 8.06. The van der Waals surface area contributed by atoms with Gasteiger partial charge < -0.3 is 15.0 Å². The molecule has 3 heterocycles. The fourth-order valence-electron chi connectivity index (χ4n) is 3.54. The lowest BCUT2D eigenvalue weighted by atomic mass is 10.3. The van der Waals surface area contributed by atoms with Gasteiger partial charge in [-0.05, 0) is 39.0 Å². The van der Waals surface area contributed by atoms with Crippen LogP contribution >= 0.6 is 11.8 Å². The molecular formula is C21H26FN7O2S. The molecule has 1 atom stereocenters. The summed E-state index contributed by atoms with van der Waals surface area (Å²) in [7, 11) is 1.84. The molecule has 1 aliphatic heterocycles. The number of rotatable bonds is 6. The Bertz CT molecular complexity index is 1120. The van der Waals surface area contributed by atoms with Gasteiger partial charge in [0.2, 0.25) is 11.9 Å². The third-order valence-electron chi connectivity index (χ3n) is 5.39. The van der Waals surface area contributed by atoms with Crippen molar-refractivity contribution in [3.05, 3.63) is 41.5 Å². The van der Waals surface area contributed by atoms with Crippen LogP contribution in [0.1, 0.15) is 18.3 Å². The molecule has 0 bridgehead atoms. The molecule has 1 amide bonds. The third-order valence-corrected chi connectivity index (χ3v) is 6.43. The molecule has 11 heteroatoms. The van der Waals surface area contributed by atoms with Crippen molar-refractivity contribution in [1.82, 2.24) is 24.5 Å². The van der Waals surface area contributed by atoms with E-state index in [1.54, 1.807) is 28.3 Å². The number of hydrogen-bond donors (Lipinski definition) is 1.